The van der Waals surface area contributed by atoms with Crippen LogP contribution < -0.4 is 10.5 Å². The Labute approximate surface area is 122 Å². The lowest BCUT2D eigenvalue weighted by atomic mass is 10.2. The number of nitro benzene ring substituents is 1. The van der Waals surface area contributed by atoms with Gasteiger partial charge in [-0.15, -0.1) is 0 Å². The summed E-state index contributed by atoms with van der Waals surface area (Å²) in [5.74, 6) is 0.0864. The van der Waals surface area contributed by atoms with E-state index in [0.717, 1.165) is 12.5 Å². The number of nitrogens with zero attached hydrogens (tertiary/aromatic N) is 2. The van der Waals surface area contributed by atoms with E-state index in [1.165, 1.54) is 23.5 Å². The van der Waals surface area contributed by atoms with Gasteiger partial charge in [0.25, 0.3) is 5.69 Å². The van der Waals surface area contributed by atoms with Crippen molar-refractivity contribution >= 4 is 15.7 Å². The molecule has 0 aromatic heterocycles. The van der Waals surface area contributed by atoms with Crippen LogP contribution in [0.4, 0.5) is 5.69 Å². The zero-order chi connectivity index (χ0) is 15.6. The first kappa shape index (κ1) is 15.7. The second-order valence-corrected chi connectivity index (χ2v) is 6.60. The molecule has 1 aromatic carbocycles. The quantitative estimate of drug-likeness (QED) is 0.632. The smallest absolute Gasteiger partial charge is 0.271 e. The number of ether oxygens (including phenoxy) is 1. The summed E-state index contributed by atoms with van der Waals surface area (Å²) in [7, 11) is -2.55. The van der Waals surface area contributed by atoms with Crippen LogP contribution in [0, 0.1) is 10.1 Å². The molecular formula is C12H17N3O5S. The number of rotatable bonds is 5. The van der Waals surface area contributed by atoms with Crippen LogP contribution in [0.15, 0.2) is 23.1 Å². The molecular weight excluding hydrogens is 298 g/mol. The predicted octanol–water partition coefficient (Wildman–Crippen LogP) is 0.715. The Balaban J connectivity index is 2.52. The molecule has 1 aliphatic heterocycles. The maximum Gasteiger partial charge on any atom is 0.271 e. The molecule has 1 aromatic rings. The van der Waals surface area contributed by atoms with Gasteiger partial charge in [-0.25, -0.2) is 8.42 Å². The van der Waals surface area contributed by atoms with Crippen LogP contribution >= 0.6 is 0 Å². The third kappa shape index (κ3) is 2.85. The topological polar surface area (TPSA) is 116 Å². The van der Waals surface area contributed by atoms with Gasteiger partial charge < -0.3 is 10.5 Å². The number of hydrogen-bond acceptors (Lipinski definition) is 6. The van der Waals surface area contributed by atoms with Gasteiger partial charge in [-0.05, 0) is 18.9 Å². The van der Waals surface area contributed by atoms with Gasteiger partial charge in [-0.1, -0.05) is 0 Å². The molecule has 1 unspecified atom stereocenters. The minimum absolute atomic E-state index is 0.0864. The standard InChI is InChI=1S/C12H17N3O5S/c1-20-11-5-4-9(15(16)17)7-12(11)21(18,19)14-6-2-3-10(14)8-13/h4-5,7,10H,2-3,6,8,13H2,1H3. The summed E-state index contributed by atoms with van der Waals surface area (Å²) in [5.41, 5.74) is 5.31. The first-order valence-electron chi connectivity index (χ1n) is 6.46. The summed E-state index contributed by atoms with van der Waals surface area (Å²) in [6, 6.07) is 3.25. The lowest BCUT2D eigenvalue weighted by Gasteiger charge is -2.23. The predicted molar refractivity (Wildman–Crippen MR) is 75.6 cm³/mol. The van der Waals surface area contributed by atoms with E-state index in [2.05, 4.69) is 0 Å². The molecule has 1 aliphatic rings. The third-order valence-corrected chi connectivity index (χ3v) is 5.51. The number of sulfonamides is 1. The number of nitrogens with two attached hydrogens (primary N) is 1. The van der Waals surface area contributed by atoms with Gasteiger partial charge in [0, 0.05) is 31.3 Å². The maximum absolute atomic E-state index is 12.7. The van der Waals surface area contributed by atoms with E-state index in [-0.39, 0.29) is 28.9 Å². The molecule has 1 fully saturated rings. The fourth-order valence-corrected chi connectivity index (χ4v) is 4.35. The Bertz CT molecular complexity index is 646. The largest absolute Gasteiger partial charge is 0.495 e. The molecule has 0 spiro atoms. The Morgan fingerprint density at radius 1 is 1.52 bits per heavy atom. The molecule has 2 rings (SSSR count). The summed E-state index contributed by atoms with van der Waals surface area (Å²) in [5, 5.41) is 10.9. The lowest BCUT2D eigenvalue weighted by Crippen LogP contribution is -2.40. The van der Waals surface area contributed by atoms with Crippen LogP contribution in [0.5, 0.6) is 5.75 Å². The highest BCUT2D eigenvalue weighted by molar-refractivity contribution is 7.89. The van der Waals surface area contributed by atoms with Gasteiger partial charge in [-0.3, -0.25) is 10.1 Å². The SMILES string of the molecule is COc1ccc([N+](=O)[O-])cc1S(=O)(=O)N1CCCC1CN. The summed E-state index contributed by atoms with van der Waals surface area (Å²) in [6.45, 7) is 0.576. The molecule has 0 radical (unpaired) electrons. The Kier molecular flexibility index (Phi) is 4.45. The van der Waals surface area contributed by atoms with Crippen molar-refractivity contribution in [1.82, 2.24) is 4.31 Å². The number of hydrogen-bond donors (Lipinski definition) is 1. The van der Waals surface area contributed by atoms with Crippen LogP contribution in [0.1, 0.15) is 12.8 Å². The second kappa shape index (κ2) is 5.96. The van der Waals surface area contributed by atoms with Gasteiger partial charge in [-0.2, -0.15) is 4.31 Å². The Morgan fingerprint density at radius 3 is 2.81 bits per heavy atom. The molecule has 1 heterocycles. The second-order valence-electron chi connectivity index (χ2n) is 4.74. The zero-order valence-corrected chi connectivity index (χ0v) is 12.4. The van der Waals surface area contributed by atoms with Crippen molar-refractivity contribution in [3.8, 4) is 5.75 Å². The molecule has 0 amide bonds. The van der Waals surface area contributed by atoms with Crippen molar-refractivity contribution in [2.24, 2.45) is 5.73 Å². The fraction of sp³-hybridized carbons (Fsp3) is 0.500. The van der Waals surface area contributed by atoms with Crippen LogP contribution in [-0.2, 0) is 10.0 Å². The summed E-state index contributed by atoms with van der Waals surface area (Å²) < 4.78 is 31.8. The van der Waals surface area contributed by atoms with E-state index < -0.39 is 14.9 Å². The van der Waals surface area contributed by atoms with Crippen molar-refractivity contribution in [2.75, 3.05) is 20.2 Å². The molecule has 0 bridgehead atoms. The van der Waals surface area contributed by atoms with E-state index in [1.807, 2.05) is 0 Å². The van der Waals surface area contributed by atoms with E-state index in [9.17, 15) is 18.5 Å². The van der Waals surface area contributed by atoms with Gasteiger partial charge in [0.1, 0.15) is 10.6 Å². The number of benzene rings is 1. The number of nitro groups is 1. The minimum atomic E-state index is -3.87. The number of non-ortho nitro benzene ring substituents is 1. The van der Waals surface area contributed by atoms with Crippen molar-refractivity contribution < 1.29 is 18.1 Å². The molecule has 1 saturated heterocycles. The van der Waals surface area contributed by atoms with Crippen molar-refractivity contribution in [3.63, 3.8) is 0 Å². The average Bonchev–Trinajstić information content (AvgIpc) is 2.95. The van der Waals surface area contributed by atoms with E-state index in [4.69, 9.17) is 10.5 Å². The molecule has 2 N–H and O–H groups in total. The summed E-state index contributed by atoms with van der Waals surface area (Å²) in [4.78, 5) is 10.0. The Hall–Kier alpha value is -1.71. The molecule has 8 nitrogen and oxygen atoms in total. The lowest BCUT2D eigenvalue weighted by molar-refractivity contribution is -0.385. The van der Waals surface area contributed by atoms with Crippen molar-refractivity contribution in [3.05, 3.63) is 28.3 Å². The number of methoxy groups -OCH3 is 1. The van der Waals surface area contributed by atoms with Crippen LogP contribution in [0.3, 0.4) is 0 Å². The monoisotopic (exact) mass is 315 g/mol. The minimum Gasteiger partial charge on any atom is -0.495 e. The molecule has 0 aliphatic carbocycles. The first-order valence-corrected chi connectivity index (χ1v) is 7.90. The van der Waals surface area contributed by atoms with Gasteiger partial charge in [0.05, 0.1) is 12.0 Å². The third-order valence-electron chi connectivity index (χ3n) is 3.54. The maximum atomic E-state index is 12.7. The fourth-order valence-electron chi connectivity index (χ4n) is 2.47. The molecule has 1 atom stereocenters. The van der Waals surface area contributed by atoms with Crippen molar-refractivity contribution in [2.45, 2.75) is 23.8 Å². The van der Waals surface area contributed by atoms with Crippen LogP contribution in [0.2, 0.25) is 0 Å². The van der Waals surface area contributed by atoms with Crippen LogP contribution in [0.25, 0.3) is 0 Å². The zero-order valence-electron chi connectivity index (χ0n) is 11.6. The van der Waals surface area contributed by atoms with Crippen LogP contribution in [-0.4, -0.2) is 43.9 Å². The highest BCUT2D eigenvalue weighted by Gasteiger charge is 2.36. The van der Waals surface area contributed by atoms with Gasteiger partial charge in [0.15, 0.2) is 0 Å². The average molecular weight is 315 g/mol. The van der Waals surface area contributed by atoms with Gasteiger partial charge in [0.2, 0.25) is 10.0 Å². The molecule has 21 heavy (non-hydrogen) atoms. The normalized spacial score (nSPS) is 19.6. The summed E-state index contributed by atoms with van der Waals surface area (Å²) >= 11 is 0. The Morgan fingerprint density at radius 2 is 2.24 bits per heavy atom. The van der Waals surface area contributed by atoms with Crippen molar-refractivity contribution in [1.29, 1.82) is 0 Å². The molecule has 116 valence electrons. The highest BCUT2D eigenvalue weighted by Crippen LogP contribution is 2.33. The van der Waals surface area contributed by atoms with E-state index in [1.54, 1.807) is 0 Å². The van der Waals surface area contributed by atoms with Gasteiger partial charge >= 0.3 is 0 Å². The molecule has 0 saturated carbocycles. The van der Waals surface area contributed by atoms with E-state index in [0.29, 0.717) is 13.0 Å². The highest BCUT2D eigenvalue weighted by atomic mass is 32.2. The molecule has 9 heteroatoms. The summed E-state index contributed by atoms with van der Waals surface area (Å²) in [6.07, 6.45) is 1.41. The van der Waals surface area contributed by atoms with E-state index >= 15 is 0 Å². The first-order chi connectivity index (χ1) is 9.91.